The second kappa shape index (κ2) is 8.52. The van der Waals surface area contributed by atoms with E-state index in [-0.39, 0.29) is 18.0 Å². The van der Waals surface area contributed by atoms with E-state index < -0.39 is 30.5 Å². The Morgan fingerprint density at radius 3 is 2.40 bits per heavy atom. The first-order valence-electron chi connectivity index (χ1n) is 9.55. The first-order valence-corrected chi connectivity index (χ1v) is 9.55. The number of methoxy groups -OCH3 is 1. The fourth-order valence-electron chi connectivity index (χ4n) is 3.90. The number of aryl methyl sites for hydroxylation is 1. The Hall–Kier alpha value is -3.42. The normalized spacial score (nSPS) is 15.3. The topological polar surface area (TPSA) is 106 Å². The van der Waals surface area contributed by atoms with Crippen LogP contribution >= 0.6 is 0 Å². The van der Waals surface area contributed by atoms with Crippen LogP contribution in [-0.4, -0.2) is 53.3 Å². The Labute approximate surface area is 174 Å². The Kier molecular flexibility index (Phi) is 6.05. The summed E-state index contributed by atoms with van der Waals surface area (Å²) in [4.78, 5) is 53.5. The van der Waals surface area contributed by atoms with Crippen molar-refractivity contribution >= 4 is 23.6 Å². The number of nitrogens with zero attached hydrogens (tertiary/aromatic N) is 1. The predicted octanol–water partition coefficient (Wildman–Crippen LogP) is 2.12. The van der Waals surface area contributed by atoms with Gasteiger partial charge in [0.2, 0.25) is 0 Å². The molecule has 0 saturated carbocycles. The van der Waals surface area contributed by atoms with Gasteiger partial charge in [0.25, 0.3) is 5.91 Å². The molecule has 0 spiro atoms. The summed E-state index contributed by atoms with van der Waals surface area (Å²) in [5.74, 6) is -1.92. The molecule has 8 heteroatoms. The van der Waals surface area contributed by atoms with Gasteiger partial charge in [-0.15, -0.1) is 0 Å². The van der Waals surface area contributed by atoms with Gasteiger partial charge in [-0.25, -0.2) is 9.59 Å². The number of ketones is 1. The minimum Gasteiger partial charge on any atom is -0.467 e. The van der Waals surface area contributed by atoms with Crippen LogP contribution in [0.2, 0.25) is 0 Å². The van der Waals surface area contributed by atoms with Gasteiger partial charge in [0.15, 0.2) is 12.4 Å². The van der Waals surface area contributed by atoms with E-state index in [0.717, 1.165) is 11.1 Å². The molecule has 1 aromatic carbocycles. The number of carbonyl (C=O) groups excluding carboxylic acids is 4. The average molecular weight is 412 g/mol. The number of hydrogen-bond acceptors (Lipinski definition) is 6. The molecule has 8 nitrogen and oxygen atoms in total. The predicted molar refractivity (Wildman–Crippen MR) is 107 cm³/mol. The highest BCUT2D eigenvalue weighted by Gasteiger charge is 2.35. The summed E-state index contributed by atoms with van der Waals surface area (Å²) in [6.07, 6.45) is 0.333. The molecule has 1 aromatic heterocycles. The molecule has 0 bridgehead atoms. The maximum atomic E-state index is 12.8. The zero-order valence-electron chi connectivity index (χ0n) is 17.4. The van der Waals surface area contributed by atoms with E-state index in [2.05, 4.69) is 4.98 Å². The minimum atomic E-state index is -0.783. The van der Waals surface area contributed by atoms with E-state index in [1.807, 2.05) is 24.3 Å². The fraction of sp³-hybridized carbons (Fsp3) is 0.364. The zero-order valence-corrected chi connectivity index (χ0v) is 17.4. The average Bonchev–Trinajstić information content (AvgIpc) is 3.04. The van der Waals surface area contributed by atoms with E-state index in [1.165, 1.54) is 18.9 Å². The van der Waals surface area contributed by atoms with Gasteiger partial charge < -0.3 is 19.4 Å². The van der Waals surface area contributed by atoms with Crippen LogP contribution in [0, 0.1) is 13.8 Å². The molecule has 158 valence electrons. The van der Waals surface area contributed by atoms with E-state index in [1.54, 1.807) is 13.8 Å². The molecule has 1 aliphatic rings. The van der Waals surface area contributed by atoms with E-state index in [4.69, 9.17) is 9.47 Å². The van der Waals surface area contributed by atoms with Crippen molar-refractivity contribution in [3.8, 4) is 0 Å². The monoisotopic (exact) mass is 412 g/mol. The van der Waals surface area contributed by atoms with Crippen molar-refractivity contribution in [1.29, 1.82) is 0 Å². The van der Waals surface area contributed by atoms with Crippen molar-refractivity contribution in [3.63, 3.8) is 0 Å². The van der Waals surface area contributed by atoms with Crippen LogP contribution in [0.3, 0.4) is 0 Å². The highest BCUT2D eigenvalue weighted by Crippen LogP contribution is 2.24. The molecule has 30 heavy (non-hydrogen) atoms. The molecule has 1 aliphatic heterocycles. The van der Waals surface area contributed by atoms with Crippen LogP contribution in [0.1, 0.15) is 50.2 Å². The summed E-state index contributed by atoms with van der Waals surface area (Å²) in [6, 6.07) is 6.76. The highest BCUT2D eigenvalue weighted by molar-refractivity contribution is 6.01. The number of aromatic nitrogens is 1. The lowest BCUT2D eigenvalue weighted by Crippen LogP contribution is -2.50. The number of fused-ring (bicyclic) bond motifs is 1. The summed E-state index contributed by atoms with van der Waals surface area (Å²) in [5, 5.41) is 0. The smallest absolute Gasteiger partial charge is 0.355 e. The number of carbonyl (C=O) groups is 4. The van der Waals surface area contributed by atoms with Gasteiger partial charge in [-0.3, -0.25) is 9.59 Å². The van der Waals surface area contributed by atoms with E-state index >= 15 is 0 Å². The highest BCUT2D eigenvalue weighted by atomic mass is 16.5. The standard InChI is InChI=1S/C22H24N2O6/c1-12-19(14(3)25)13(2)23-20(12)22(28)30-11-18(26)24-10-16-8-6-5-7-15(16)9-17(24)21(27)29-4/h5-8,17,23H,9-11H2,1-4H3/t17-/m1/s1. The number of aromatic amines is 1. The van der Waals surface area contributed by atoms with Crippen LogP contribution in [0.15, 0.2) is 24.3 Å². The second-order valence-corrected chi connectivity index (χ2v) is 7.29. The molecule has 0 unspecified atom stereocenters. The molecule has 0 saturated heterocycles. The number of amides is 1. The molecule has 1 amide bonds. The number of H-pyrrole nitrogens is 1. The maximum Gasteiger partial charge on any atom is 0.355 e. The first kappa shape index (κ1) is 21.3. The van der Waals surface area contributed by atoms with Crippen molar-refractivity contribution in [3.05, 3.63) is 57.9 Å². The van der Waals surface area contributed by atoms with Crippen molar-refractivity contribution in [1.82, 2.24) is 9.88 Å². The maximum absolute atomic E-state index is 12.8. The van der Waals surface area contributed by atoms with Crippen LogP contribution in [0.4, 0.5) is 0 Å². The van der Waals surface area contributed by atoms with E-state index in [0.29, 0.717) is 23.2 Å². The van der Waals surface area contributed by atoms with Crippen molar-refractivity contribution in [2.45, 2.75) is 39.8 Å². The molecule has 0 fully saturated rings. The zero-order chi connectivity index (χ0) is 22.0. The SMILES string of the molecule is COC(=O)[C@H]1Cc2ccccc2CN1C(=O)COC(=O)c1[nH]c(C)c(C(C)=O)c1C. The molecule has 0 aliphatic carbocycles. The molecular weight excluding hydrogens is 388 g/mol. The fourth-order valence-corrected chi connectivity index (χ4v) is 3.90. The Balaban J connectivity index is 1.75. The molecule has 0 radical (unpaired) electrons. The summed E-state index contributed by atoms with van der Waals surface area (Å²) in [7, 11) is 1.27. The summed E-state index contributed by atoms with van der Waals surface area (Å²) in [6.45, 7) is 4.46. The minimum absolute atomic E-state index is 0.138. The van der Waals surface area contributed by atoms with Crippen molar-refractivity contribution in [2.75, 3.05) is 13.7 Å². The lowest BCUT2D eigenvalue weighted by Gasteiger charge is -2.35. The van der Waals surface area contributed by atoms with Crippen LogP contribution in [-0.2, 0) is 32.0 Å². The first-order chi connectivity index (χ1) is 14.2. The Morgan fingerprint density at radius 2 is 1.80 bits per heavy atom. The number of hydrogen-bond donors (Lipinski definition) is 1. The quantitative estimate of drug-likeness (QED) is 0.596. The number of esters is 2. The van der Waals surface area contributed by atoms with Gasteiger partial charge >= 0.3 is 11.9 Å². The molecular formula is C22H24N2O6. The molecule has 1 atom stereocenters. The number of Topliss-reactive ketones (excluding diaryl/α,β-unsaturated/α-hetero) is 1. The molecule has 2 heterocycles. The third kappa shape index (κ3) is 3.98. The number of benzene rings is 1. The molecule has 3 rings (SSSR count). The van der Waals surface area contributed by atoms with Crippen molar-refractivity contribution in [2.24, 2.45) is 0 Å². The van der Waals surface area contributed by atoms with Gasteiger partial charge in [-0.2, -0.15) is 0 Å². The number of ether oxygens (including phenoxy) is 2. The van der Waals surface area contributed by atoms with E-state index in [9.17, 15) is 19.2 Å². The third-order valence-electron chi connectivity index (χ3n) is 5.36. The van der Waals surface area contributed by atoms with Gasteiger partial charge in [0.1, 0.15) is 11.7 Å². The second-order valence-electron chi connectivity index (χ2n) is 7.29. The van der Waals surface area contributed by atoms with Crippen molar-refractivity contribution < 1.29 is 28.7 Å². The lowest BCUT2D eigenvalue weighted by molar-refractivity contribution is -0.155. The van der Waals surface area contributed by atoms with Crippen LogP contribution in [0.5, 0.6) is 0 Å². The summed E-state index contributed by atoms with van der Waals surface area (Å²) >= 11 is 0. The molecule has 2 aromatic rings. The lowest BCUT2D eigenvalue weighted by atomic mass is 9.94. The van der Waals surface area contributed by atoms with Gasteiger partial charge in [0.05, 0.1) is 7.11 Å². The Morgan fingerprint density at radius 1 is 1.13 bits per heavy atom. The van der Waals surface area contributed by atoms with Crippen LogP contribution < -0.4 is 0 Å². The van der Waals surface area contributed by atoms with Gasteiger partial charge in [-0.05, 0) is 37.5 Å². The molecule has 1 N–H and O–H groups in total. The third-order valence-corrected chi connectivity index (χ3v) is 5.36. The van der Waals surface area contributed by atoms with Gasteiger partial charge in [0, 0.05) is 24.2 Å². The largest absolute Gasteiger partial charge is 0.467 e. The van der Waals surface area contributed by atoms with Gasteiger partial charge in [-0.1, -0.05) is 24.3 Å². The van der Waals surface area contributed by atoms with Crippen LogP contribution in [0.25, 0.3) is 0 Å². The number of rotatable bonds is 5. The number of nitrogens with one attached hydrogen (secondary N) is 1. The Bertz CT molecular complexity index is 1020. The summed E-state index contributed by atoms with van der Waals surface area (Å²) in [5.41, 5.74) is 3.53. The summed E-state index contributed by atoms with van der Waals surface area (Å²) < 4.78 is 10.1.